The van der Waals surface area contributed by atoms with Gasteiger partial charge in [-0.15, -0.1) is 0 Å². The molecule has 0 saturated carbocycles. The highest BCUT2D eigenvalue weighted by atomic mass is 16.1. The third-order valence-electron chi connectivity index (χ3n) is 2.37. The first kappa shape index (κ1) is 9.70. The molecule has 0 aliphatic carbocycles. The van der Waals surface area contributed by atoms with E-state index in [1.807, 2.05) is 0 Å². The summed E-state index contributed by atoms with van der Waals surface area (Å²) in [6.07, 6.45) is 4.90. The van der Waals surface area contributed by atoms with Crippen molar-refractivity contribution in [3.05, 3.63) is 12.4 Å². The maximum absolute atomic E-state index is 10.5. The van der Waals surface area contributed by atoms with Crippen LogP contribution in [0.4, 0.5) is 11.6 Å². The van der Waals surface area contributed by atoms with Gasteiger partial charge in [0.1, 0.15) is 0 Å². The summed E-state index contributed by atoms with van der Waals surface area (Å²) < 4.78 is 0. The molecule has 1 aliphatic heterocycles. The molecule has 1 aromatic heterocycles. The van der Waals surface area contributed by atoms with Crippen LogP contribution in [-0.2, 0) is 4.79 Å². The second-order valence-corrected chi connectivity index (χ2v) is 3.57. The van der Waals surface area contributed by atoms with Crippen LogP contribution in [0.3, 0.4) is 0 Å². The van der Waals surface area contributed by atoms with Gasteiger partial charge in [0.2, 0.25) is 12.4 Å². The highest BCUT2D eigenvalue weighted by Crippen LogP contribution is 2.11. The van der Waals surface area contributed by atoms with E-state index in [1.165, 1.54) is 0 Å². The van der Waals surface area contributed by atoms with E-state index in [1.54, 1.807) is 17.3 Å². The van der Waals surface area contributed by atoms with Gasteiger partial charge in [-0.05, 0) is 6.42 Å². The number of hydrogen-bond acceptors (Lipinski definition) is 5. The number of rotatable bonds is 3. The molecule has 6 nitrogen and oxygen atoms in total. The molecule has 1 aliphatic rings. The molecule has 2 heterocycles. The Morgan fingerprint density at radius 2 is 2.27 bits per heavy atom. The lowest BCUT2D eigenvalue weighted by molar-refractivity contribution is -0.117. The smallest absolute Gasteiger partial charge is 0.223 e. The lowest BCUT2D eigenvalue weighted by Gasteiger charge is -2.12. The van der Waals surface area contributed by atoms with Gasteiger partial charge in [-0.3, -0.25) is 4.79 Å². The van der Waals surface area contributed by atoms with E-state index >= 15 is 0 Å². The van der Waals surface area contributed by atoms with Crippen LogP contribution in [0.5, 0.6) is 0 Å². The van der Waals surface area contributed by atoms with Crippen LogP contribution in [0.15, 0.2) is 12.4 Å². The summed E-state index contributed by atoms with van der Waals surface area (Å²) in [7, 11) is 0. The molecule has 1 saturated heterocycles. The van der Waals surface area contributed by atoms with Crippen LogP contribution in [0, 0.1) is 0 Å². The minimum atomic E-state index is 0.235. The van der Waals surface area contributed by atoms with Crippen LogP contribution < -0.4 is 11.1 Å². The molecule has 0 aromatic carbocycles. The van der Waals surface area contributed by atoms with Crippen LogP contribution in [0.2, 0.25) is 0 Å². The van der Waals surface area contributed by atoms with Crippen molar-refractivity contribution in [2.75, 3.05) is 24.1 Å². The third kappa shape index (κ3) is 2.34. The Balaban J connectivity index is 1.92. The predicted molar refractivity (Wildman–Crippen MR) is 56.1 cm³/mol. The second-order valence-electron chi connectivity index (χ2n) is 3.57. The number of nitrogens with zero attached hydrogens (tertiary/aromatic N) is 3. The molecule has 80 valence electrons. The largest absolute Gasteiger partial charge is 0.396 e. The predicted octanol–water partition coefficient (Wildman–Crippen LogP) is -0.299. The van der Waals surface area contributed by atoms with E-state index in [2.05, 4.69) is 15.3 Å². The summed E-state index contributed by atoms with van der Waals surface area (Å²) in [5.74, 6) is 0.557. The normalized spacial score (nSPS) is 20.3. The first-order chi connectivity index (χ1) is 7.28. The Morgan fingerprint density at radius 3 is 2.87 bits per heavy atom. The fourth-order valence-electron chi connectivity index (χ4n) is 1.60. The summed E-state index contributed by atoms with van der Waals surface area (Å²) in [6, 6.07) is 0.235. The molecular weight excluding hydrogens is 194 g/mol. The van der Waals surface area contributed by atoms with Gasteiger partial charge in [0, 0.05) is 19.1 Å². The first-order valence-corrected chi connectivity index (χ1v) is 4.81. The number of carbonyl (C=O) groups is 1. The zero-order valence-corrected chi connectivity index (χ0v) is 8.26. The van der Waals surface area contributed by atoms with E-state index in [-0.39, 0.29) is 6.04 Å². The summed E-state index contributed by atoms with van der Waals surface area (Å²) in [5, 5.41) is 3.15. The molecule has 0 bridgehead atoms. The summed E-state index contributed by atoms with van der Waals surface area (Å²) >= 11 is 0. The molecule has 2 rings (SSSR count). The number of likely N-dealkylation sites (tertiary alicyclic amines) is 1. The quantitative estimate of drug-likeness (QED) is 0.665. The van der Waals surface area contributed by atoms with Crippen molar-refractivity contribution in [1.29, 1.82) is 0 Å². The lowest BCUT2D eigenvalue weighted by Crippen LogP contribution is -2.25. The molecule has 0 spiro atoms. The SMILES string of the molecule is Nc1cnc(NC2CCN(C=O)C2)nc1. The zero-order valence-electron chi connectivity index (χ0n) is 8.26. The van der Waals surface area contributed by atoms with E-state index in [0.717, 1.165) is 19.4 Å². The molecule has 1 fully saturated rings. The average molecular weight is 207 g/mol. The molecule has 1 atom stereocenters. The van der Waals surface area contributed by atoms with Crippen LogP contribution >= 0.6 is 0 Å². The number of nitrogens with one attached hydrogen (secondary N) is 1. The Kier molecular flexibility index (Phi) is 2.66. The van der Waals surface area contributed by atoms with Crippen LogP contribution in [-0.4, -0.2) is 40.4 Å². The Morgan fingerprint density at radius 1 is 1.53 bits per heavy atom. The van der Waals surface area contributed by atoms with Gasteiger partial charge in [0.15, 0.2) is 0 Å². The first-order valence-electron chi connectivity index (χ1n) is 4.81. The maximum atomic E-state index is 10.5. The maximum Gasteiger partial charge on any atom is 0.223 e. The summed E-state index contributed by atoms with van der Waals surface area (Å²) in [6.45, 7) is 1.49. The van der Waals surface area contributed by atoms with Crippen molar-refractivity contribution in [3.8, 4) is 0 Å². The standard InChI is InChI=1S/C9H13N5O/c10-7-3-11-9(12-4-7)13-8-1-2-14(5-8)6-15/h3-4,6,8H,1-2,5,10H2,(H,11,12,13). The van der Waals surface area contributed by atoms with Gasteiger partial charge >= 0.3 is 0 Å². The van der Waals surface area contributed by atoms with E-state index in [9.17, 15) is 4.79 Å². The molecule has 1 amide bonds. The molecule has 3 N–H and O–H groups in total. The Labute approximate surface area is 87.5 Å². The molecule has 0 radical (unpaired) electrons. The van der Waals surface area contributed by atoms with Gasteiger partial charge in [0.05, 0.1) is 18.1 Å². The van der Waals surface area contributed by atoms with Crippen molar-refractivity contribution in [2.45, 2.75) is 12.5 Å². The second kappa shape index (κ2) is 4.12. The van der Waals surface area contributed by atoms with Crippen molar-refractivity contribution >= 4 is 18.0 Å². The third-order valence-corrected chi connectivity index (χ3v) is 2.37. The fourth-order valence-corrected chi connectivity index (χ4v) is 1.60. The Bertz CT molecular complexity index is 339. The minimum absolute atomic E-state index is 0.235. The van der Waals surface area contributed by atoms with Crippen molar-refractivity contribution in [3.63, 3.8) is 0 Å². The van der Waals surface area contributed by atoms with Gasteiger partial charge in [-0.25, -0.2) is 9.97 Å². The lowest BCUT2D eigenvalue weighted by atomic mass is 10.3. The molecule has 6 heteroatoms. The molecular formula is C9H13N5O. The van der Waals surface area contributed by atoms with E-state index in [0.29, 0.717) is 18.2 Å². The average Bonchev–Trinajstić information content (AvgIpc) is 2.69. The van der Waals surface area contributed by atoms with E-state index < -0.39 is 0 Å². The Hall–Kier alpha value is -1.85. The van der Waals surface area contributed by atoms with Crippen LogP contribution in [0.1, 0.15) is 6.42 Å². The highest BCUT2D eigenvalue weighted by Gasteiger charge is 2.21. The van der Waals surface area contributed by atoms with E-state index in [4.69, 9.17) is 5.73 Å². The highest BCUT2D eigenvalue weighted by molar-refractivity contribution is 5.48. The number of carbonyl (C=O) groups excluding carboxylic acids is 1. The number of nitrogens with two attached hydrogens (primary N) is 1. The number of amides is 1. The number of anilines is 2. The number of hydrogen-bond donors (Lipinski definition) is 2. The number of aromatic nitrogens is 2. The van der Waals surface area contributed by atoms with Crippen LogP contribution in [0.25, 0.3) is 0 Å². The van der Waals surface area contributed by atoms with Gasteiger partial charge in [-0.1, -0.05) is 0 Å². The van der Waals surface area contributed by atoms with Crippen molar-refractivity contribution in [1.82, 2.24) is 14.9 Å². The zero-order chi connectivity index (χ0) is 10.7. The van der Waals surface area contributed by atoms with Gasteiger partial charge < -0.3 is 16.0 Å². The fraction of sp³-hybridized carbons (Fsp3) is 0.444. The molecule has 1 unspecified atom stereocenters. The molecule has 15 heavy (non-hydrogen) atoms. The van der Waals surface area contributed by atoms with Gasteiger partial charge in [0.25, 0.3) is 0 Å². The van der Waals surface area contributed by atoms with Gasteiger partial charge in [-0.2, -0.15) is 0 Å². The topological polar surface area (TPSA) is 84.1 Å². The van der Waals surface area contributed by atoms with Crippen molar-refractivity contribution < 1.29 is 4.79 Å². The van der Waals surface area contributed by atoms with Crippen molar-refractivity contribution in [2.24, 2.45) is 0 Å². The molecule has 1 aromatic rings. The summed E-state index contributed by atoms with van der Waals surface area (Å²) in [4.78, 5) is 20.3. The monoisotopic (exact) mass is 207 g/mol. The minimum Gasteiger partial charge on any atom is -0.396 e. The summed E-state index contributed by atoms with van der Waals surface area (Å²) in [5.41, 5.74) is 6.01. The number of nitrogen functional groups attached to an aromatic ring is 1.